The second kappa shape index (κ2) is 6.84. The van der Waals surface area contributed by atoms with Crippen molar-refractivity contribution in [3.05, 3.63) is 35.7 Å². The number of hydrogen-bond donors (Lipinski definition) is 0. The molecule has 0 atom stereocenters. The van der Waals surface area contributed by atoms with Crippen LogP contribution in [0.2, 0.25) is 0 Å². The van der Waals surface area contributed by atoms with Crippen molar-refractivity contribution in [1.29, 1.82) is 0 Å². The van der Waals surface area contributed by atoms with Gasteiger partial charge in [0.05, 0.1) is 6.54 Å². The highest BCUT2D eigenvalue weighted by Gasteiger charge is 2.44. The molecule has 1 aliphatic rings. The molecule has 1 saturated heterocycles. The lowest BCUT2D eigenvalue weighted by atomic mass is 10.1. The fraction of sp³-hybridized carbons (Fsp3) is 0.353. The number of benzene rings is 1. The summed E-state index contributed by atoms with van der Waals surface area (Å²) < 4.78 is 5.20. The first kappa shape index (κ1) is 16.8. The van der Waals surface area contributed by atoms with Crippen molar-refractivity contribution in [3.8, 4) is 11.5 Å². The molecule has 0 bridgehead atoms. The SMILES string of the molecule is CCCCN1C(=O)C(=O)N(Cc2noc(-c3cccc(C)c3)n2)C1=O. The second-order valence-electron chi connectivity index (χ2n) is 5.87. The van der Waals surface area contributed by atoms with Crippen LogP contribution in [0.1, 0.15) is 31.2 Å². The maximum atomic E-state index is 12.3. The van der Waals surface area contributed by atoms with Gasteiger partial charge in [0.15, 0.2) is 5.82 Å². The summed E-state index contributed by atoms with van der Waals surface area (Å²) in [5.74, 6) is -1.20. The van der Waals surface area contributed by atoms with Gasteiger partial charge in [-0.3, -0.25) is 14.5 Å². The summed E-state index contributed by atoms with van der Waals surface area (Å²) >= 11 is 0. The van der Waals surface area contributed by atoms with Crippen molar-refractivity contribution in [3.63, 3.8) is 0 Å². The standard InChI is InChI=1S/C17H18N4O4/c1-3-4-8-20-15(22)16(23)21(17(20)24)10-13-18-14(25-19-13)12-7-5-6-11(2)9-12/h5-7,9H,3-4,8,10H2,1-2H3. The minimum absolute atomic E-state index is 0.170. The smallest absolute Gasteiger partial charge is 0.334 e. The molecule has 130 valence electrons. The van der Waals surface area contributed by atoms with E-state index in [0.717, 1.165) is 27.3 Å². The minimum Gasteiger partial charge on any atom is -0.334 e. The lowest BCUT2D eigenvalue weighted by Crippen LogP contribution is -2.33. The molecule has 1 aromatic carbocycles. The first-order valence-electron chi connectivity index (χ1n) is 8.08. The molecule has 1 fully saturated rings. The number of unbranched alkanes of at least 4 members (excludes halogenated alkanes) is 1. The highest BCUT2D eigenvalue weighted by atomic mass is 16.5. The van der Waals surface area contributed by atoms with Crippen LogP contribution < -0.4 is 0 Å². The number of hydrogen-bond acceptors (Lipinski definition) is 6. The fourth-order valence-corrected chi connectivity index (χ4v) is 2.56. The van der Waals surface area contributed by atoms with Crippen LogP contribution >= 0.6 is 0 Å². The van der Waals surface area contributed by atoms with Gasteiger partial charge in [-0.1, -0.05) is 36.2 Å². The summed E-state index contributed by atoms with van der Waals surface area (Å²) in [5.41, 5.74) is 1.79. The lowest BCUT2D eigenvalue weighted by Gasteiger charge is -2.13. The Kier molecular flexibility index (Phi) is 4.60. The molecule has 0 aliphatic carbocycles. The van der Waals surface area contributed by atoms with Crippen molar-refractivity contribution in [2.24, 2.45) is 0 Å². The van der Waals surface area contributed by atoms with Crippen LogP contribution in [0.25, 0.3) is 11.5 Å². The fourth-order valence-electron chi connectivity index (χ4n) is 2.56. The summed E-state index contributed by atoms with van der Waals surface area (Å²) in [4.78, 5) is 42.3. The molecule has 8 nitrogen and oxygen atoms in total. The molecule has 2 aromatic rings. The van der Waals surface area contributed by atoms with E-state index < -0.39 is 17.8 Å². The van der Waals surface area contributed by atoms with Crippen LogP contribution in [-0.4, -0.2) is 44.3 Å². The van der Waals surface area contributed by atoms with E-state index in [2.05, 4.69) is 10.1 Å². The number of rotatable bonds is 6. The molecular weight excluding hydrogens is 324 g/mol. The van der Waals surface area contributed by atoms with E-state index in [9.17, 15) is 14.4 Å². The summed E-state index contributed by atoms with van der Waals surface area (Å²) in [7, 11) is 0. The maximum Gasteiger partial charge on any atom is 0.334 e. The summed E-state index contributed by atoms with van der Waals surface area (Å²) in [5, 5.41) is 3.80. The molecular formula is C17H18N4O4. The Balaban J connectivity index is 1.75. The monoisotopic (exact) mass is 342 g/mol. The third kappa shape index (κ3) is 3.28. The Morgan fingerprint density at radius 3 is 2.60 bits per heavy atom. The van der Waals surface area contributed by atoms with E-state index in [4.69, 9.17) is 4.52 Å². The number of carbonyl (C=O) groups excluding carboxylic acids is 3. The molecule has 0 unspecified atom stereocenters. The predicted octanol–water partition coefficient (Wildman–Crippen LogP) is 2.14. The zero-order chi connectivity index (χ0) is 18.0. The van der Waals surface area contributed by atoms with E-state index in [1.807, 2.05) is 38.1 Å². The zero-order valence-corrected chi connectivity index (χ0v) is 14.1. The highest BCUT2D eigenvalue weighted by molar-refractivity contribution is 6.44. The number of imide groups is 2. The van der Waals surface area contributed by atoms with Crippen molar-refractivity contribution in [2.45, 2.75) is 33.2 Å². The average molecular weight is 342 g/mol. The third-order valence-corrected chi connectivity index (χ3v) is 3.90. The third-order valence-electron chi connectivity index (χ3n) is 3.90. The van der Waals surface area contributed by atoms with E-state index in [1.54, 1.807) is 0 Å². The van der Waals surface area contributed by atoms with Gasteiger partial charge in [-0.05, 0) is 25.5 Å². The van der Waals surface area contributed by atoms with Crippen molar-refractivity contribution in [1.82, 2.24) is 19.9 Å². The molecule has 2 heterocycles. The van der Waals surface area contributed by atoms with Crippen molar-refractivity contribution < 1.29 is 18.9 Å². The highest BCUT2D eigenvalue weighted by Crippen LogP contribution is 2.20. The van der Waals surface area contributed by atoms with Crippen LogP contribution in [0, 0.1) is 6.92 Å². The maximum absolute atomic E-state index is 12.3. The zero-order valence-electron chi connectivity index (χ0n) is 14.1. The first-order valence-corrected chi connectivity index (χ1v) is 8.08. The number of urea groups is 1. The van der Waals surface area contributed by atoms with E-state index in [-0.39, 0.29) is 18.9 Å². The van der Waals surface area contributed by atoms with Crippen LogP contribution in [-0.2, 0) is 16.1 Å². The molecule has 1 aliphatic heterocycles. The van der Waals surface area contributed by atoms with Gasteiger partial charge in [0.25, 0.3) is 5.89 Å². The largest absolute Gasteiger partial charge is 0.334 e. The van der Waals surface area contributed by atoms with Gasteiger partial charge in [-0.2, -0.15) is 4.98 Å². The number of carbonyl (C=O) groups is 3. The van der Waals surface area contributed by atoms with Gasteiger partial charge >= 0.3 is 17.8 Å². The molecule has 0 radical (unpaired) electrons. The van der Waals surface area contributed by atoms with Gasteiger partial charge in [0.1, 0.15) is 0 Å². The van der Waals surface area contributed by atoms with Gasteiger partial charge in [0, 0.05) is 12.1 Å². The number of aromatic nitrogens is 2. The molecule has 0 saturated carbocycles. The Morgan fingerprint density at radius 2 is 1.88 bits per heavy atom. The second-order valence-corrected chi connectivity index (χ2v) is 5.87. The molecule has 4 amide bonds. The average Bonchev–Trinajstić information content (AvgIpc) is 3.14. The Morgan fingerprint density at radius 1 is 1.12 bits per heavy atom. The first-order chi connectivity index (χ1) is 12.0. The van der Waals surface area contributed by atoms with Gasteiger partial charge in [-0.25, -0.2) is 9.69 Å². The van der Waals surface area contributed by atoms with E-state index in [1.165, 1.54) is 0 Å². The van der Waals surface area contributed by atoms with Crippen LogP contribution in [0.15, 0.2) is 28.8 Å². The van der Waals surface area contributed by atoms with Gasteiger partial charge in [0.2, 0.25) is 0 Å². The Labute approximate surface area is 144 Å². The molecule has 1 aromatic heterocycles. The molecule has 3 rings (SSSR count). The quantitative estimate of drug-likeness (QED) is 0.589. The lowest BCUT2D eigenvalue weighted by molar-refractivity contribution is -0.143. The van der Waals surface area contributed by atoms with Crippen molar-refractivity contribution >= 4 is 17.8 Å². The minimum atomic E-state index is -0.858. The number of aryl methyl sites for hydroxylation is 1. The number of amides is 4. The molecule has 0 spiro atoms. The van der Waals surface area contributed by atoms with E-state index in [0.29, 0.717) is 12.3 Å². The molecule has 25 heavy (non-hydrogen) atoms. The summed E-state index contributed by atoms with van der Waals surface area (Å²) in [6, 6.07) is 6.89. The van der Waals surface area contributed by atoms with Gasteiger partial charge < -0.3 is 4.52 Å². The Bertz CT molecular complexity index is 830. The molecule has 0 N–H and O–H groups in total. The van der Waals surface area contributed by atoms with Crippen molar-refractivity contribution in [2.75, 3.05) is 6.54 Å². The number of nitrogens with zero attached hydrogens (tertiary/aromatic N) is 4. The molecule has 8 heteroatoms. The topological polar surface area (TPSA) is 96.6 Å². The van der Waals surface area contributed by atoms with Gasteiger partial charge in [-0.15, -0.1) is 0 Å². The summed E-state index contributed by atoms with van der Waals surface area (Å²) in [6.07, 6.45) is 1.47. The van der Waals surface area contributed by atoms with E-state index >= 15 is 0 Å². The Hall–Kier alpha value is -3.03. The van der Waals surface area contributed by atoms with Crippen LogP contribution in [0.4, 0.5) is 4.79 Å². The predicted molar refractivity (Wildman–Crippen MR) is 87.0 cm³/mol. The summed E-state index contributed by atoms with van der Waals surface area (Å²) in [6.45, 7) is 3.92. The van der Waals surface area contributed by atoms with Crippen LogP contribution in [0.3, 0.4) is 0 Å². The normalized spacial score (nSPS) is 14.7. The van der Waals surface area contributed by atoms with Crippen LogP contribution in [0.5, 0.6) is 0 Å².